The number of nitrogens with zero attached hydrogens (tertiary/aromatic N) is 2. The van der Waals surface area contributed by atoms with E-state index in [-0.39, 0.29) is 0 Å². The Labute approximate surface area is 141 Å². The van der Waals surface area contributed by atoms with Crippen molar-refractivity contribution in [3.8, 4) is 33.6 Å². The molecule has 4 rings (SSSR count). The molecule has 1 aromatic heterocycles. The van der Waals surface area contributed by atoms with Gasteiger partial charge in [-0.15, -0.1) is 0 Å². The number of rotatable bonds is 3. The van der Waals surface area contributed by atoms with Gasteiger partial charge in [-0.25, -0.2) is 9.97 Å². The fourth-order valence-electron chi connectivity index (χ4n) is 2.85. The van der Waals surface area contributed by atoms with E-state index in [1.165, 1.54) is 11.1 Å². The molecule has 0 spiro atoms. The third-order valence-electron chi connectivity index (χ3n) is 4.02. The van der Waals surface area contributed by atoms with E-state index in [4.69, 9.17) is 0 Å². The normalized spacial score (nSPS) is 10.5. The molecule has 2 heteroatoms. The van der Waals surface area contributed by atoms with Crippen molar-refractivity contribution >= 4 is 0 Å². The molecule has 0 radical (unpaired) electrons. The second-order valence-electron chi connectivity index (χ2n) is 5.57. The average Bonchev–Trinajstić information content (AvgIpc) is 2.69. The van der Waals surface area contributed by atoms with Crippen molar-refractivity contribution in [2.24, 2.45) is 0 Å². The Bertz CT molecular complexity index is 948. The zero-order valence-electron chi connectivity index (χ0n) is 13.1. The van der Waals surface area contributed by atoms with Crippen LogP contribution in [0.1, 0.15) is 0 Å². The fourth-order valence-corrected chi connectivity index (χ4v) is 2.85. The molecular formula is C22H16N2. The highest BCUT2D eigenvalue weighted by Crippen LogP contribution is 2.31. The van der Waals surface area contributed by atoms with Crippen LogP contribution in [0.4, 0.5) is 0 Å². The van der Waals surface area contributed by atoms with Crippen molar-refractivity contribution in [1.29, 1.82) is 0 Å². The summed E-state index contributed by atoms with van der Waals surface area (Å²) in [7, 11) is 0. The predicted octanol–water partition coefficient (Wildman–Crippen LogP) is 5.48. The maximum absolute atomic E-state index is 4.51. The van der Waals surface area contributed by atoms with Gasteiger partial charge in [0.25, 0.3) is 0 Å². The van der Waals surface area contributed by atoms with Crippen LogP contribution >= 0.6 is 0 Å². The standard InChI is InChI=1S/C22H16N2/c1-3-9-17(10-4-1)19-13-7-8-14-20(19)22-15-21(23-16-24-22)18-11-5-2-6-12-18/h1-16H. The molecule has 0 aliphatic rings. The van der Waals surface area contributed by atoms with Crippen molar-refractivity contribution in [3.63, 3.8) is 0 Å². The van der Waals surface area contributed by atoms with Gasteiger partial charge in [0.1, 0.15) is 6.33 Å². The molecule has 0 N–H and O–H groups in total. The highest BCUT2D eigenvalue weighted by molar-refractivity contribution is 5.82. The number of hydrogen-bond acceptors (Lipinski definition) is 2. The maximum atomic E-state index is 4.51. The molecule has 0 atom stereocenters. The Morgan fingerprint density at radius 3 is 1.71 bits per heavy atom. The van der Waals surface area contributed by atoms with Crippen LogP contribution in [0.3, 0.4) is 0 Å². The Morgan fingerprint density at radius 2 is 1.00 bits per heavy atom. The van der Waals surface area contributed by atoms with Crippen molar-refractivity contribution < 1.29 is 0 Å². The summed E-state index contributed by atoms with van der Waals surface area (Å²) in [5.41, 5.74) is 6.44. The van der Waals surface area contributed by atoms with Crippen LogP contribution in [0.25, 0.3) is 33.6 Å². The van der Waals surface area contributed by atoms with E-state index in [1.807, 2.05) is 30.3 Å². The van der Waals surface area contributed by atoms with Crippen LogP contribution in [0.5, 0.6) is 0 Å². The first-order valence-electron chi connectivity index (χ1n) is 7.94. The first-order chi connectivity index (χ1) is 11.9. The predicted molar refractivity (Wildman–Crippen MR) is 98.3 cm³/mol. The molecule has 2 nitrogen and oxygen atoms in total. The quantitative estimate of drug-likeness (QED) is 0.501. The Balaban J connectivity index is 1.84. The van der Waals surface area contributed by atoms with Crippen molar-refractivity contribution in [2.45, 2.75) is 0 Å². The smallest absolute Gasteiger partial charge is 0.116 e. The Kier molecular flexibility index (Phi) is 3.86. The zero-order valence-corrected chi connectivity index (χ0v) is 13.1. The molecule has 24 heavy (non-hydrogen) atoms. The molecule has 1 heterocycles. The van der Waals surface area contributed by atoms with E-state index in [1.54, 1.807) is 6.33 Å². The van der Waals surface area contributed by atoms with Gasteiger partial charge in [-0.05, 0) is 17.2 Å². The molecule has 0 bridgehead atoms. The average molecular weight is 308 g/mol. The lowest BCUT2D eigenvalue weighted by molar-refractivity contribution is 1.18. The van der Waals surface area contributed by atoms with Crippen LogP contribution < -0.4 is 0 Å². The highest BCUT2D eigenvalue weighted by Gasteiger charge is 2.09. The van der Waals surface area contributed by atoms with Gasteiger partial charge in [0.15, 0.2) is 0 Å². The zero-order chi connectivity index (χ0) is 16.2. The van der Waals surface area contributed by atoms with E-state index < -0.39 is 0 Å². The summed E-state index contributed by atoms with van der Waals surface area (Å²) in [6.45, 7) is 0. The second kappa shape index (κ2) is 6.47. The summed E-state index contributed by atoms with van der Waals surface area (Å²) >= 11 is 0. The van der Waals surface area contributed by atoms with Crippen molar-refractivity contribution in [3.05, 3.63) is 97.3 Å². The van der Waals surface area contributed by atoms with Crippen LogP contribution in [-0.4, -0.2) is 9.97 Å². The van der Waals surface area contributed by atoms with E-state index >= 15 is 0 Å². The number of hydrogen-bond donors (Lipinski definition) is 0. The lowest BCUT2D eigenvalue weighted by Gasteiger charge is -2.10. The summed E-state index contributed by atoms with van der Waals surface area (Å²) in [6, 6.07) is 31.0. The van der Waals surface area contributed by atoms with Gasteiger partial charge in [0.2, 0.25) is 0 Å². The number of benzene rings is 3. The molecule has 0 aliphatic heterocycles. The molecule has 0 aliphatic carbocycles. The van der Waals surface area contributed by atoms with Crippen LogP contribution in [0.15, 0.2) is 97.3 Å². The van der Waals surface area contributed by atoms with Gasteiger partial charge < -0.3 is 0 Å². The van der Waals surface area contributed by atoms with Crippen LogP contribution in [0, 0.1) is 0 Å². The summed E-state index contributed by atoms with van der Waals surface area (Å²) in [5, 5.41) is 0. The van der Waals surface area contributed by atoms with E-state index in [0.717, 1.165) is 22.5 Å². The number of aromatic nitrogens is 2. The van der Waals surface area contributed by atoms with Gasteiger partial charge in [0, 0.05) is 11.1 Å². The van der Waals surface area contributed by atoms with E-state index in [2.05, 4.69) is 70.6 Å². The molecule has 0 amide bonds. The van der Waals surface area contributed by atoms with E-state index in [0.29, 0.717) is 0 Å². The molecule has 114 valence electrons. The summed E-state index contributed by atoms with van der Waals surface area (Å²) in [4.78, 5) is 8.94. The van der Waals surface area contributed by atoms with Crippen LogP contribution in [0.2, 0.25) is 0 Å². The minimum absolute atomic E-state index is 0.934. The van der Waals surface area contributed by atoms with Gasteiger partial charge in [-0.3, -0.25) is 0 Å². The lowest BCUT2D eigenvalue weighted by Crippen LogP contribution is -1.91. The molecule has 3 aromatic carbocycles. The largest absolute Gasteiger partial charge is 0.236 e. The molecule has 0 unspecified atom stereocenters. The summed E-state index contributed by atoms with van der Waals surface area (Å²) in [6.07, 6.45) is 1.64. The Morgan fingerprint density at radius 1 is 0.458 bits per heavy atom. The third kappa shape index (κ3) is 2.82. The van der Waals surface area contributed by atoms with Gasteiger partial charge in [-0.2, -0.15) is 0 Å². The monoisotopic (exact) mass is 308 g/mol. The van der Waals surface area contributed by atoms with E-state index in [9.17, 15) is 0 Å². The third-order valence-corrected chi connectivity index (χ3v) is 4.02. The fraction of sp³-hybridized carbons (Fsp3) is 0. The van der Waals surface area contributed by atoms with Gasteiger partial charge in [-0.1, -0.05) is 84.9 Å². The molecule has 0 saturated carbocycles. The minimum Gasteiger partial charge on any atom is -0.236 e. The maximum Gasteiger partial charge on any atom is 0.116 e. The second-order valence-corrected chi connectivity index (χ2v) is 5.57. The van der Waals surface area contributed by atoms with Gasteiger partial charge in [0.05, 0.1) is 11.4 Å². The molecule has 4 aromatic rings. The first-order valence-corrected chi connectivity index (χ1v) is 7.94. The lowest BCUT2D eigenvalue weighted by atomic mass is 9.97. The SMILES string of the molecule is c1ccc(-c2cc(-c3ccccc3-c3ccccc3)ncn2)cc1. The topological polar surface area (TPSA) is 25.8 Å². The summed E-state index contributed by atoms with van der Waals surface area (Å²) < 4.78 is 0. The minimum atomic E-state index is 0.934. The van der Waals surface area contributed by atoms with Crippen molar-refractivity contribution in [1.82, 2.24) is 9.97 Å². The molecule has 0 saturated heterocycles. The van der Waals surface area contributed by atoms with Gasteiger partial charge >= 0.3 is 0 Å². The van der Waals surface area contributed by atoms with Crippen LogP contribution in [-0.2, 0) is 0 Å². The summed E-state index contributed by atoms with van der Waals surface area (Å²) in [5.74, 6) is 0. The Hall–Kier alpha value is -3.26. The van der Waals surface area contributed by atoms with Crippen molar-refractivity contribution in [2.75, 3.05) is 0 Å². The molecular weight excluding hydrogens is 292 g/mol. The highest BCUT2D eigenvalue weighted by atomic mass is 14.8. The first kappa shape index (κ1) is 14.3. The molecule has 0 fully saturated rings.